The quantitative estimate of drug-likeness (QED) is 0.735. The Morgan fingerprint density at radius 1 is 0.871 bits per heavy atom. The summed E-state index contributed by atoms with van der Waals surface area (Å²) in [6.07, 6.45) is -5.30. The average molecular weight is 433 g/mol. The molecule has 0 saturated carbocycles. The molecule has 1 N–H and O–H groups in total. The monoisotopic (exact) mass is 433 g/mol. The lowest BCUT2D eigenvalue weighted by atomic mass is 10.1. The lowest BCUT2D eigenvalue weighted by Crippen LogP contribution is -2.50. The molecule has 0 radical (unpaired) electrons. The van der Waals surface area contributed by atoms with Crippen LogP contribution in [0.25, 0.3) is 0 Å². The minimum atomic E-state index is -4.38. The standard InChI is InChI=1S/C22H22F3N3O3/c23-22(24,25)15-4-3-5-16(12-15)27-10-8-26(9-11-27)13-17(29)14-28-20(30)18-6-1-2-7-19(18)21(28)31/h1-7,12,17,29H,8-11,13-14H2/t17-/m1/s1. The number of aliphatic hydroxyl groups is 1. The molecule has 0 bridgehead atoms. The summed E-state index contributed by atoms with van der Waals surface area (Å²) in [5.41, 5.74) is 0.522. The van der Waals surface area contributed by atoms with Crippen molar-refractivity contribution in [2.75, 3.05) is 44.2 Å². The van der Waals surface area contributed by atoms with Gasteiger partial charge in [0.15, 0.2) is 0 Å². The van der Waals surface area contributed by atoms with Crippen LogP contribution in [0.5, 0.6) is 0 Å². The highest BCUT2D eigenvalue weighted by molar-refractivity contribution is 6.21. The molecule has 0 aromatic heterocycles. The van der Waals surface area contributed by atoms with Gasteiger partial charge in [-0.3, -0.25) is 19.4 Å². The number of anilines is 1. The molecular formula is C22H22F3N3O3. The van der Waals surface area contributed by atoms with E-state index in [2.05, 4.69) is 0 Å². The second kappa shape index (κ2) is 8.32. The molecule has 2 aliphatic heterocycles. The van der Waals surface area contributed by atoms with Crippen LogP contribution in [0, 0.1) is 0 Å². The number of benzene rings is 2. The third-order valence-corrected chi connectivity index (χ3v) is 5.65. The Hall–Kier alpha value is -2.91. The molecule has 4 rings (SSSR count). The fourth-order valence-corrected chi connectivity index (χ4v) is 4.04. The summed E-state index contributed by atoms with van der Waals surface area (Å²) >= 11 is 0. The van der Waals surface area contributed by atoms with E-state index in [9.17, 15) is 27.9 Å². The van der Waals surface area contributed by atoms with Crippen molar-refractivity contribution in [2.24, 2.45) is 0 Å². The molecule has 0 spiro atoms. The molecule has 6 nitrogen and oxygen atoms in total. The molecule has 2 amide bonds. The molecule has 1 fully saturated rings. The van der Waals surface area contributed by atoms with Gasteiger partial charge >= 0.3 is 6.18 Å². The number of amides is 2. The van der Waals surface area contributed by atoms with Crippen LogP contribution >= 0.6 is 0 Å². The van der Waals surface area contributed by atoms with E-state index >= 15 is 0 Å². The summed E-state index contributed by atoms with van der Waals surface area (Å²) in [5, 5.41) is 10.5. The summed E-state index contributed by atoms with van der Waals surface area (Å²) in [6.45, 7) is 2.30. The summed E-state index contributed by atoms with van der Waals surface area (Å²) in [6, 6.07) is 11.8. The van der Waals surface area contributed by atoms with Crippen molar-refractivity contribution in [1.82, 2.24) is 9.80 Å². The van der Waals surface area contributed by atoms with Crippen molar-refractivity contribution in [1.29, 1.82) is 0 Å². The Balaban J connectivity index is 1.31. The number of nitrogens with zero attached hydrogens (tertiary/aromatic N) is 3. The van der Waals surface area contributed by atoms with Gasteiger partial charge in [0.1, 0.15) is 0 Å². The van der Waals surface area contributed by atoms with Gasteiger partial charge in [-0.1, -0.05) is 18.2 Å². The van der Waals surface area contributed by atoms with Crippen LogP contribution in [0.1, 0.15) is 26.3 Å². The molecule has 31 heavy (non-hydrogen) atoms. The van der Waals surface area contributed by atoms with Gasteiger partial charge in [0.2, 0.25) is 0 Å². The van der Waals surface area contributed by atoms with Crippen LogP contribution < -0.4 is 4.90 Å². The fourth-order valence-electron chi connectivity index (χ4n) is 4.04. The summed E-state index contributed by atoms with van der Waals surface area (Å²) < 4.78 is 38.8. The van der Waals surface area contributed by atoms with Gasteiger partial charge in [-0.25, -0.2) is 0 Å². The van der Waals surface area contributed by atoms with Gasteiger partial charge in [-0.15, -0.1) is 0 Å². The molecule has 0 aliphatic carbocycles. The molecule has 2 aromatic carbocycles. The second-order valence-corrected chi connectivity index (χ2v) is 7.76. The van der Waals surface area contributed by atoms with Crippen LogP contribution in [-0.4, -0.2) is 72.1 Å². The summed E-state index contributed by atoms with van der Waals surface area (Å²) in [4.78, 5) is 29.8. The zero-order valence-corrected chi connectivity index (χ0v) is 16.7. The molecular weight excluding hydrogens is 411 g/mol. The van der Waals surface area contributed by atoms with E-state index in [0.717, 1.165) is 17.0 Å². The molecule has 164 valence electrons. The first kappa shape index (κ1) is 21.3. The Labute approximate surface area is 177 Å². The number of halogens is 3. The third kappa shape index (κ3) is 4.42. The van der Waals surface area contributed by atoms with Gasteiger partial charge in [0.05, 0.1) is 29.3 Å². The van der Waals surface area contributed by atoms with Gasteiger partial charge in [-0.2, -0.15) is 13.2 Å². The highest BCUT2D eigenvalue weighted by atomic mass is 19.4. The first-order chi connectivity index (χ1) is 14.7. The highest BCUT2D eigenvalue weighted by Gasteiger charge is 2.36. The van der Waals surface area contributed by atoms with Crippen LogP contribution in [0.3, 0.4) is 0 Å². The van der Waals surface area contributed by atoms with E-state index in [4.69, 9.17) is 0 Å². The summed E-state index contributed by atoms with van der Waals surface area (Å²) in [7, 11) is 0. The number of fused-ring (bicyclic) bond motifs is 1. The first-order valence-electron chi connectivity index (χ1n) is 10.0. The van der Waals surface area contributed by atoms with Crippen LogP contribution in [0.15, 0.2) is 48.5 Å². The van der Waals surface area contributed by atoms with E-state index in [-0.39, 0.29) is 13.1 Å². The average Bonchev–Trinajstić information content (AvgIpc) is 2.99. The van der Waals surface area contributed by atoms with Gasteiger partial charge in [-0.05, 0) is 30.3 Å². The number of piperazine rings is 1. The number of rotatable bonds is 5. The molecule has 2 aliphatic rings. The number of hydrogen-bond donors (Lipinski definition) is 1. The zero-order valence-electron chi connectivity index (χ0n) is 16.7. The lowest BCUT2D eigenvalue weighted by molar-refractivity contribution is -0.137. The van der Waals surface area contributed by atoms with E-state index in [1.54, 1.807) is 30.3 Å². The Morgan fingerprint density at radius 3 is 2.06 bits per heavy atom. The normalized spacial score (nSPS) is 18.5. The first-order valence-corrected chi connectivity index (χ1v) is 10.0. The maximum atomic E-state index is 12.9. The maximum absolute atomic E-state index is 12.9. The van der Waals surface area contributed by atoms with Crippen LogP contribution in [0.2, 0.25) is 0 Å². The van der Waals surface area contributed by atoms with E-state index in [1.165, 1.54) is 6.07 Å². The number of aliphatic hydroxyl groups excluding tert-OH is 1. The van der Waals surface area contributed by atoms with Crippen molar-refractivity contribution in [3.63, 3.8) is 0 Å². The van der Waals surface area contributed by atoms with Crippen molar-refractivity contribution in [2.45, 2.75) is 12.3 Å². The van der Waals surface area contributed by atoms with E-state index < -0.39 is 29.7 Å². The second-order valence-electron chi connectivity index (χ2n) is 7.76. The zero-order chi connectivity index (χ0) is 22.2. The van der Waals surface area contributed by atoms with Crippen molar-refractivity contribution >= 4 is 17.5 Å². The van der Waals surface area contributed by atoms with Crippen molar-refractivity contribution < 1.29 is 27.9 Å². The Morgan fingerprint density at radius 2 is 1.48 bits per heavy atom. The predicted octanol–water partition coefficient (Wildman–Crippen LogP) is 2.48. The topological polar surface area (TPSA) is 64.1 Å². The van der Waals surface area contributed by atoms with Gasteiger partial charge in [0, 0.05) is 38.4 Å². The fraction of sp³-hybridized carbons (Fsp3) is 0.364. The number of carbonyl (C=O) groups excluding carboxylic acids is 2. The summed E-state index contributed by atoms with van der Waals surface area (Å²) in [5.74, 6) is -0.817. The van der Waals surface area contributed by atoms with Crippen LogP contribution in [0.4, 0.5) is 18.9 Å². The minimum Gasteiger partial charge on any atom is -0.390 e. The minimum absolute atomic E-state index is 0.0970. The van der Waals surface area contributed by atoms with Crippen LogP contribution in [-0.2, 0) is 6.18 Å². The maximum Gasteiger partial charge on any atom is 0.416 e. The SMILES string of the molecule is O=C1c2ccccc2C(=O)N1C[C@H](O)CN1CCN(c2cccc(C(F)(F)F)c2)CC1. The highest BCUT2D eigenvalue weighted by Crippen LogP contribution is 2.32. The molecule has 0 unspecified atom stereocenters. The number of hydrogen-bond acceptors (Lipinski definition) is 5. The molecule has 1 atom stereocenters. The van der Waals surface area contributed by atoms with Crippen molar-refractivity contribution in [3.8, 4) is 0 Å². The number of carbonyl (C=O) groups is 2. The predicted molar refractivity (Wildman–Crippen MR) is 108 cm³/mol. The van der Waals surface area contributed by atoms with Gasteiger partial charge < -0.3 is 10.0 Å². The van der Waals surface area contributed by atoms with Gasteiger partial charge in [0.25, 0.3) is 11.8 Å². The third-order valence-electron chi connectivity index (χ3n) is 5.65. The largest absolute Gasteiger partial charge is 0.416 e. The molecule has 9 heteroatoms. The van der Waals surface area contributed by atoms with Crippen molar-refractivity contribution in [3.05, 3.63) is 65.2 Å². The smallest absolute Gasteiger partial charge is 0.390 e. The van der Waals surface area contributed by atoms with E-state index in [0.29, 0.717) is 43.0 Å². The number of β-amino-alcohol motifs (C(OH)–C–C–N with tert-alkyl or cyclic N) is 1. The number of alkyl halides is 3. The molecule has 2 aromatic rings. The lowest BCUT2D eigenvalue weighted by Gasteiger charge is -2.37. The molecule has 1 saturated heterocycles. The van der Waals surface area contributed by atoms with E-state index in [1.807, 2.05) is 9.80 Å². The molecule has 2 heterocycles. The Kier molecular flexibility index (Phi) is 5.72. The Bertz CT molecular complexity index is 952. The number of imide groups is 1.